The van der Waals surface area contributed by atoms with Crippen LogP contribution in [-0.2, 0) is 31.8 Å². The fourth-order valence-corrected chi connectivity index (χ4v) is 7.82. The number of likely N-dealkylation sites (tertiary alicyclic amines) is 1. The number of nitrogens with two attached hydrogens (primary N) is 1. The summed E-state index contributed by atoms with van der Waals surface area (Å²) in [5.41, 5.74) is 9.43. The maximum atomic E-state index is 12.9. The molecule has 4 heterocycles. The number of amides is 4. The standard InChI is InChI=1S/C23H34BrN3O4.C15H21BrN2O2.C7H15NO.CH4/c1-22(2,3)30-17-12-27(13-17)20(28)25-19-14-26(21(29)31-23(4,5)6)10-9-15-11-16(24)7-8-18(15)19;1-15(2,3)20-14(19)18-7-6-10-8-11(16)4-5-12(10)13(17)9-18;1-7(2,3)9-6-4-8-5-6;/h7-8,11,17,19H,9-10,12-14H2,1-6H3,(H,25,28);4-5,8,13H,6-7,9,17H2,1-3H3;6,8H,4-5H2,1-3H3;1H4. The van der Waals surface area contributed by atoms with Gasteiger partial charge in [-0.15, -0.1) is 0 Å². The van der Waals surface area contributed by atoms with Crippen LogP contribution in [0.2, 0.25) is 0 Å². The minimum Gasteiger partial charge on any atom is -0.444 e. The predicted octanol–water partition coefficient (Wildman–Crippen LogP) is 9.14. The molecular weight excluding hydrogens is 908 g/mol. The first kappa shape index (κ1) is 52.4. The van der Waals surface area contributed by atoms with Gasteiger partial charge in [-0.2, -0.15) is 0 Å². The highest BCUT2D eigenvalue weighted by molar-refractivity contribution is 9.10. The van der Waals surface area contributed by atoms with E-state index in [0.717, 1.165) is 45.1 Å². The van der Waals surface area contributed by atoms with E-state index in [1.807, 2.05) is 86.6 Å². The zero-order chi connectivity index (χ0) is 44.8. The molecule has 0 bridgehead atoms. The molecule has 2 saturated heterocycles. The molecule has 61 heavy (non-hydrogen) atoms. The van der Waals surface area contributed by atoms with E-state index >= 15 is 0 Å². The van der Waals surface area contributed by atoms with Crippen molar-refractivity contribution in [2.45, 2.75) is 150 Å². The zero-order valence-electron chi connectivity index (χ0n) is 37.9. The van der Waals surface area contributed by atoms with Crippen molar-refractivity contribution in [1.29, 1.82) is 0 Å². The first-order chi connectivity index (χ1) is 27.6. The molecule has 0 aliphatic carbocycles. The Hall–Kier alpha value is -2.95. The van der Waals surface area contributed by atoms with Crippen LogP contribution in [0, 0.1) is 0 Å². The van der Waals surface area contributed by atoms with Crippen LogP contribution in [0.4, 0.5) is 14.4 Å². The lowest BCUT2D eigenvalue weighted by molar-refractivity contribution is -0.111. The molecule has 0 saturated carbocycles. The Bertz CT molecular complexity index is 1780. The normalized spacial score (nSPS) is 19.6. The number of carbonyl (C=O) groups is 3. The van der Waals surface area contributed by atoms with Gasteiger partial charge in [-0.25, -0.2) is 14.4 Å². The molecule has 4 N–H and O–H groups in total. The van der Waals surface area contributed by atoms with E-state index in [1.54, 1.807) is 14.7 Å². The summed E-state index contributed by atoms with van der Waals surface area (Å²) in [6.07, 6.45) is 1.36. The van der Waals surface area contributed by atoms with E-state index in [4.69, 9.17) is 24.7 Å². The number of nitrogens with one attached hydrogen (secondary N) is 2. The highest BCUT2D eigenvalue weighted by atomic mass is 79.9. The van der Waals surface area contributed by atoms with Crippen LogP contribution in [-0.4, -0.2) is 120 Å². The minimum atomic E-state index is -0.572. The van der Waals surface area contributed by atoms with Gasteiger partial charge in [0.2, 0.25) is 0 Å². The lowest BCUT2D eigenvalue weighted by Gasteiger charge is -2.42. The number of fused-ring (bicyclic) bond motifs is 2. The van der Waals surface area contributed by atoms with Crippen LogP contribution in [0.5, 0.6) is 0 Å². The molecular formula is C46H74Br2N6O7. The van der Waals surface area contributed by atoms with Crippen molar-refractivity contribution in [2.75, 3.05) is 52.4 Å². The molecule has 0 radical (unpaired) electrons. The van der Waals surface area contributed by atoms with Gasteiger partial charge in [-0.1, -0.05) is 51.4 Å². The first-order valence-electron chi connectivity index (χ1n) is 21.0. The largest absolute Gasteiger partial charge is 0.444 e. The molecule has 2 unspecified atom stereocenters. The maximum absolute atomic E-state index is 12.9. The number of benzene rings is 2. The van der Waals surface area contributed by atoms with Gasteiger partial charge in [0, 0.05) is 54.3 Å². The molecule has 344 valence electrons. The summed E-state index contributed by atoms with van der Waals surface area (Å²) in [5.74, 6) is 0. The first-order valence-corrected chi connectivity index (χ1v) is 22.6. The monoisotopic (exact) mass is 980 g/mol. The SMILES string of the molecule is C.CC(C)(C)OC(=O)N1CCc2cc(Br)ccc2C(N)C1.CC(C)(C)OC(=O)N1CCc2cc(Br)ccc2C(NC(=O)N2CC(OC(C)(C)C)C2)C1.CC(C)(C)OC1CNC1. The summed E-state index contributed by atoms with van der Waals surface area (Å²) in [5, 5.41) is 6.29. The van der Waals surface area contributed by atoms with Crippen molar-refractivity contribution in [3.8, 4) is 0 Å². The predicted molar refractivity (Wildman–Crippen MR) is 250 cm³/mol. The van der Waals surface area contributed by atoms with Crippen molar-refractivity contribution in [2.24, 2.45) is 5.73 Å². The molecule has 15 heteroatoms. The molecule has 13 nitrogen and oxygen atoms in total. The highest BCUT2D eigenvalue weighted by Gasteiger charge is 2.37. The van der Waals surface area contributed by atoms with Crippen LogP contribution < -0.4 is 16.4 Å². The maximum Gasteiger partial charge on any atom is 0.410 e. The summed E-state index contributed by atoms with van der Waals surface area (Å²) in [6, 6.07) is 11.5. The average Bonchev–Trinajstić information content (AvgIpc) is 3.33. The third-order valence-electron chi connectivity index (χ3n) is 9.63. The number of carbonyl (C=O) groups excluding carboxylic acids is 3. The van der Waals surface area contributed by atoms with Crippen molar-refractivity contribution in [3.63, 3.8) is 0 Å². The fraction of sp³-hybridized carbons (Fsp3) is 0.674. The third kappa shape index (κ3) is 17.6. The van der Waals surface area contributed by atoms with Gasteiger partial charge >= 0.3 is 18.2 Å². The minimum absolute atomic E-state index is 0. The summed E-state index contributed by atoms with van der Waals surface area (Å²) >= 11 is 7.00. The number of nitrogens with zero attached hydrogens (tertiary/aromatic N) is 3. The lowest BCUT2D eigenvalue weighted by atomic mass is 9.99. The van der Waals surface area contributed by atoms with Crippen LogP contribution in [0.15, 0.2) is 45.3 Å². The van der Waals surface area contributed by atoms with E-state index in [-0.39, 0.29) is 55.0 Å². The number of ether oxygens (including phenoxy) is 4. The van der Waals surface area contributed by atoms with Crippen molar-refractivity contribution < 1.29 is 33.3 Å². The topological polar surface area (TPSA) is 148 Å². The summed E-state index contributed by atoms with van der Waals surface area (Å²) in [6.45, 7) is 28.7. The lowest BCUT2D eigenvalue weighted by Crippen LogP contribution is -2.59. The Morgan fingerprint density at radius 3 is 1.51 bits per heavy atom. The number of rotatable bonds is 3. The van der Waals surface area contributed by atoms with Gasteiger partial charge in [-0.05, 0) is 142 Å². The quantitative estimate of drug-likeness (QED) is 0.274. The molecule has 2 atom stereocenters. The van der Waals surface area contributed by atoms with Gasteiger partial charge in [0.05, 0.1) is 42.5 Å². The zero-order valence-corrected chi connectivity index (χ0v) is 41.0. The van der Waals surface area contributed by atoms with E-state index in [1.165, 1.54) is 5.56 Å². The Balaban J connectivity index is 0.000000281. The average molecular weight is 983 g/mol. The Morgan fingerprint density at radius 1 is 0.639 bits per heavy atom. The van der Waals surface area contributed by atoms with Gasteiger partial charge in [-0.3, -0.25) is 0 Å². The molecule has 6 rings (SSSR count). The van der Waals surface area contributed by atoms with Crippen LogP contribution in [0.3, 0.4) is 0 Å². The van der Waals surface area contributed by atoms with Gasteiger partial charge in [0.1, 0.15) is 11.2 Å². The fourth-order valence-electron chi connectivity index (χ4n) is 7.00. The second kappa shape index (κ2) is 21.6. The third-order valence-corrected chi connectivity index (χ3v) is 10.6. The molecule has 2 aromatic carbocycles. The number of hydrogen-bond acceptors (Lipinski definition) is 9. The summed E-state index contributed by atoms with van der Waals surface area (Å²) in [7, 11) is 0. The molecule has 4 amide bonds. The van der Waals surface area contributed by atoms with Gasteiger partial charge < -0.3 is 50.0 Å². The smallest absolute Gasteiger partial charge is 0.410 e. The van der Waals surface area contributed by atoms with Crippen LogP contribution in [0.25, 0.3) is 0 Å². The van der Waals surface area contributed by atoms with E-state index in [0.29, 0.717) is 51.8 Å². The molecule has 4 aliphatic rings. The van der Waals surface area contributed by atoms with Crippen molar-refractivity contribution >= 4 is 50.1 Å². The van der Waals surface area contributed by atoms with E-state index < -0.39 is 11.2 Å². The number of urea groups is 1. The van der Waals surface area contributed by atoms with Crippen molar-refractivity contribution in [1.82, 2.24) is 25.3 Å². The summed E-state index contributed by atoms with van der Waals surface area (Å²) in [4.78, 5) is 43.0. The van der Waals surface area contributed by atoms with Crippen LogP contribution >= 0.6 is 31.9 Å². The Kier molecular flexibility index (Phi) is 18.6. The van der Waals surface area contributed by atoms with Gasteiger partial charge in [0.15, 0.2) is 0 Å². The second-order valence-electron chi connectivity index (χ2n) is 19.9. The number of halogens is 2. The Labute approximate surface area is 382 Å². The summed E-state index contributed by atoms with van der Waals surface area (Å²) < 4.78 is 24.6. The van der Waals surface area contributed by atoms with Gasteiger partial charge in [0.25, 0.3) is 0 Å². The highest BCUT2D eigenvalue weighted by Crippen LogP contribution is 2.30. The molecule has 2 aromatic rings. The second-order valence-corrected chi connectivity index (χ2v) is 21.7. The van der Waals surface area contributed by atoms with E-state index in [2.05, 4.69) is 75.4 Å². The number of hydrogen-bond donors (Lipinski definition) is 3. The molecule has 0 aromatic heterocycles. The molecule has 0 spiro atoms. The van der Waals surface area contributed by atoms with E-state index in [9.17, 15) is 14.4 Å². The molecule has 4 aliphatic heterocycles. The van der Waals surface area contributed by atoms with Crippen LogP contribution in [0.1, 0.15) is 125 Å². The Morgan fingerprint density at radius 2 is 1.08 bits per heavy atom. The van der Waals surface area contributed by atoms with Crippen molar-refractivity contribution in [3.05, 3.63) is 67.6 Å². The molecule has 2 fully saturated rings.